The smallest absolute Gasteiger partial charge is 0.136 e. The lowest BCUT2D eigenvalue weighted by Gasteiger charge is -2.44. The average molecular weight is 246 g/mol. The van der Waals surface area contributed by atoms with Gasteiger partial charge in [0, 0.05) is 16.8 Å². The molecular weight excluding hydrogens is 224 g/mol. The molecule has 0 aromatic rings. The first-order valence-electron chi connectivity index (χ1n) is 5.48. The molecule has 0 aromatic carbocycles. The van der Waals surface area contributed by atoms with Crippen LogP contribution in [-0.4, -0.2) is 41.8 Å². The van der Waals surface area contributed by atoms with Crippen molar-refractivity contribution < 1.29 is 9.29 Å². The van der Waals surface area contributed by atoms with E-state index in [9.17, 15) is 4.55 Å². The predicted octanol–water partition coefficient (Wildman–Crippen LogP) is 1.14. The van der Waals surface area contributed by atoms with E-state index in [1.807, 2.05) is 20.8 Å². The minimum Gasteiger partial charge on any atom is -0.598 e. The van der Waals surface area contributed by atoms with Crippen LogP contribution < -0.4 is 4.72 Å². The molecule has 1 heterocycles. The Bertz CT molecular complexity index is 249. The number of hydrogen-bond donors (Lipinski definition) is 1. The van der Waals surface area contributed by atoms with Crippen LogP contribution in [0.25, 0.3) is 0 Å². The molecule has 5 heteroatoms. The monoisotopic (exact) mass is 246 g/mol. The van der Waals surface area contributed by atoms with E-state index in [0.717, 1.165) is 0 Å². The van der Waals surface area contributed by atoms with Crippen LogP contribution >= 0.6 is 0 Å². The topological polar surface area (TPSA) is 56.7 Å². The van der Waals surface area contributed by atoms with Crippen LogP contribution in [0.5, 0.6) is 0 Å². The molecule has 0 saturated carbocycles. The lowest BCUT2D eigenvalue weighted by atomic mass is 9.81. The van der Waals surface area contributed by atoms with Gasteiger partial charge in [-0.15, -0.1) is 4.72 Å². The SMILES string of the molecule is C=NCC(N[S+]([O-])C(C)(C)C)C1(C)COC1. The summed E-state index contributed by atoms with van der Waals surface area (Å²) in [7, 11) is 0. The Morgan fingerprint density at radius 3 is 2.44 bits per heavy atom. The molecule has 0 spiro atoms. The zero-order chi connectivity index (χ0) is 12.4. The Labute approximate surface area is 101 Å². The number of aliphatic imine (C=N–C) groups is 1. The summed E-state index contributed by atoms with van der Waals surface area (Å²) in [5.41, 5.74) is 0.0299. The standard InChI is InChI=1S/C11H22N2O2S/c1-10(2,3)16(14)13-9(6-12-5)11(4)7-15-8-11/h9,13H,5-8H2,1-4H3. The molecule has 1 N–H and O–H groups in total. The molecule has 2 unspecified atom stereocenters. The molecule has 0 aromatic heterocycles. The summed E-state index contributed by atoms with van der Waals surface area (Å²) < 4.78 is 20.2. The normalized spacial score (nSPS) is 23.3. The zero-order valence-electron chi connectivity index (χ0n) is 10.6. The Morgan fingerprint density at radius 1 is 1.56 bits per heavy atom. The molecule has 1 aliphatic heterocycles. The third-order valence-electron chi connectivity index (χ3n) is 2.82. The van der Waals surface area contributed by atoms with Gasteiger partial charge in [-0.1, -0.05) is 6.92 Å². The zero-order valence-corrected chi connectivity index (χ0v) is 11.4. The second-order valence-electron chi connectivity index (χ2n) is 5.60. The summed E-state index contributed by atoms with van der Waals surface area (Å²) in [5, 5.41) is 0. The van der Waals surface area contributed by atoms with Crippen molar-refractivity contribution in [1.29, 1.82) is 0 Å². The van der Waals surface area contributed by atoms with E-state index in [1.165, 1.54) is 0 Å². The van der Waals surface area contributed by atoms with Crippen molar-refractivity contribution in [1.82, 2.24) is 4.72 Å². The lowest BCUT2D eigenvalue weighted by molar-refractivity contribution is -0.115. The van der Waals surface area contributed by atoms with Crippen LogP contribution in [0.1, 0.15) is 27.7 Å². The number of rotatable bonds is 5. The van der Waals surface area contributed by atoms with Gasteiger partial charge in [-0.2, -0.15) is 0 Å². The molecule has 94 valence electrons. The van der Waals surface area contributed by atoms with Gasteiger partial charge in [-0.25, -0.2) is 0 Å². The maximum atomic E-state index is 12.0. The first kappa shape index (κ1) is 14.0. The lowest BCUT2D eigenvalue weighted by Crippen LogP contribution is -2.59. The number of hydrogen-bond acceptors (Lipinski definition) is 4. The quantitative estimate of drug-likeness (QED) is 0.584. The largest absolute Gasteiger partial charge is 0.598 e. The molecule has 0 radical (unpaired) electrons. The van der Waals surface area contributed by atoms with Crippen molar-refractivity contribution in [3.05, 3.63) is 0 Å². The van der Waals surface area contributed by atoms with Crippen molar-refractivity contribution >= 4 is 18.1 Å². The van der Waals surface area contributed by atoms with Gasteiger partial charge in [0.1, 0.15) is 4.75 Å². The molecule has 1 aliphatic rings. The van der Waals surface area contributed by atoms with Crippen molar-refractivity contribution in [2.24, 2.45) is 10.4 Å². The second kappa shape index (κ2) is 5.04. The molecule has 1 saturated heterocycles. The summed E-state index contributed by atoms with van der Waals surface area (Å²) in [5.74, 6) is 0. The minimum atomic E-state index is -1.08. The van der Waals surface area contributed by atoms with Crippen molar-refractivity contribution in [2.75, 3.05) is 19.8 Å². The highest BCUT2D eigenvalue weighted by Crippen LogP contribution is 2.32. The fourth-order valence-electron chi connectivity index (χ4n) is 1.46. The van der Waals surface area contributed by atoms with E-state index in [1.54, 1.807) is 0 Å². The van der Waals surface area contributed by atoms with Crippen LogP contribution in [0.4, 0.5) is 0 Å². The molecule has 4 nitrogen and oxygen atoms in total. The Morgan fingerprint density at radius 2 is 2.12 bits per heavy atom. The molecule has 0 amide bonds. The van der Waals surface area contributed by atoms with Gasteiger partial charge in [0.15, 0.2) is 0 Å². The van der Waals surface area contributed by atoms with Crippen LogP contribution in [0.2, 0.25) is 0 Å². The second-order valence-corrected chi connectivity index (χ2v) is 7.60. The maximum absolute atomic E-state index is 12.0. The van der Waals surface area contributed by atoms with Gasteiger partial charge < -0.3 is 9.29 Å². The number of ether oxygens (including phenoxy) is 1. The van der Waals surface area contributed by atoms with Crippen molar-refractivity contribution in [2.45, 2.75) is 38.5 Å². The number of nitrogens with one attached hydrogen (secondary N) is 1. The molecule has 1 fully saturated rings. The Hall–Kier alpha value is -0.100. The van der Waals surface area contributed by atoms with Crippen LogP contribution in [0.3, 0.4) is 0 Å². The van der Waals surface area contributed by atoms with Crippen molar-refractivity contribution in [3.63, 3.8) is 0 Å². The molecule has 0 bridgehead atoms. The Kier molecular flexibility index (Phi) is 4.40. The van der Waals surface area contributed by atoms with Gasteiger partial charge >= 0.3 is 0 Å². The van der Waals surface area contributed by atoms with Crippen LogP contribution in [-0.2, 0) is 16.1 Å². The van der Waals surface area contributed by atoms with Gasteiger partial charge in [0.2, 0.25) is 0 Å². The Balaban J connectivity index is 2.61. The van der Waals surface area contributed by atoms with E-state index in [4.69, 9.17) is 4.74 Å². The molecule has 1 rings (SSSR count). The fraction of sp³-hybridized carbons (Fsp3) is 0.909. The van der Waals surface area contributed by atoms with E-state index in [2.05, 4.69) is 23.4 Å². The summed E-state index contributed by atoms with van der Waals surface area (Å²) in [6.45, 7) is 13.5. The van der Waals surface area contributed by atoms with Crippen LogP contribution in [0, 0.1) is 5.41 Å². The van der Waals surface area contributed by atoms with E-state index < -0.39 is 11.4 Å². The highest BCUT2D eigenvalue weighted by Gasteiger charge is 2.44. The highest BCUT2D eigenvalue weighted by molar-refractivity contribution is 7.90. The summed E-state index contributed by atoms with van der Waals surface area (Å²) in [6.07, 6.45) is 0. The first-order chi connectivity index (χ1) is 7.29. The fourth-order valence-corrected chi connectivity index (χ4v) is 2.43. The predicted molar refractivity (Wildman–Crippen MR) is 68.2 cm³/mol. The minimum absolute atomic E-state index is 0.0299. The van der Waals surface area contributed by atoms with E-state index in [0.29, 0.717) is 19.8 Å². The first-order valence-corrected chi connectivity index (χ1v) is 6.63. The summed E-state index contributed by atoms with van der Waals surface area (Å²) >= 11 is -1.08. The van der Waals surface area contributed by atoms with E-state index in [-0.39, 0.29) is 16.2 Å². The van der Waals surface area contributed by atoms with E-state index >= 15 is 0 Å². The highest BCUT2D eigenvalue weighted by atomic mass is 32.2. The summed E-state index contributed by atoms with van der Waals surface area (Å²) in [4.78, 5) is 3.92. The van der Waals surface area contributed by atoms with Crippen LogP contribution in [0.15, 0.2) is 4.99 Å². The average Bonchev–Trinajstić information content (AvgIpc) is 2.12. The van der Waals surface area contributed by atoms with Gasteiger partial charge in [0.25, 0.3) is 0 Å². The number of nitrogens with zero attached hydrogens (tertiary/aromatic N) is 1. The molecule has 0 aliphatic carbocycles. The third-order valence-corrected chi connectivity index (χ3v) is 4.43. The van der Waals surface area contributed by atoms with Crippen molar-refractivity contribution in [3.8, 4) is 0 Å². The molecular formula is C11H22N2O2S. The molecule has 16 heavy (non-hydrogen) atoms. The third kappa shape index (κ3) is 3.20. The van der Waals surface area contributed by atoms with Gasteiger partial charge in [-0.3, -0.25) is 4.99 Å². The van der Waals surface area contributed by atoms with Gasteiger partial charge in [-0.05, 0) is 27.5 Å². The van der Waals surface area contributed by atoms with Gasteiger partial charge in [0.05, 0.1) is 25.8 Å². The maximum Gasteiger partial charge on any atom is 0.136 e. The molecule has 2 atom stereocenters. The summed E-state index contributed by atoms with van der Waals surface area (Å²) in [6, 6.07) is 0.0683.